The Kier molecular flexibility index (Phi) is 4.32. The van der Waals surface area contributed by atoms with Crippen molar-refractivity contribution in [2.75, 3.05) is 0 Å². The highest BCUT2D eigenvalue weighted by atomic mass is 35.5. The summed E-state index contributed by atoms with van der Waals surface area (Å²) in [5, 5.41) is 0. The minimum absolute atomic E-state index is 0.0285. The lowest BCUT2D eigenvalue weighted by atomic mass is 10.2. The first-order valence-corrected chi connectivity index (χ1v) is 6.05. The lowest BCUT2D eigenvalue weighted by Crippen LogP contribution is -2.01. The van der Waals surface area contributed by atoms with Gasteiger partial charge >= 0.3 is 0 Å². The second-order valence-corrected chi connectivity index (χ2v) is 4.17. The first kappa shape index (κ1) is 13.7. The lowest BCUT2D eigenvalue weighted by molar-refractivity contribution is 0.282. The van der Waals surface area contributed by atoms with Crippen LogP contribution < -0.4 is 4.74 Å². The van der Waals surface area contributed by atoms with Gasteiger partial charge in [-0.15, -0.1) is 11.6 Å². The monoisotopic (exact) mass is 286 g/mol. The van der Waals surface area contributed by atoms with Gasteiger partial charge in [0, 0.05) is 11.4 Å². The zero-order valence-corrected chi connectivity index (χ0v) is 10.6. The normalized spacial score (nSPS) is 10.5. The van der Waals surface area contributed by atoms with E-state index >= 15 is 0 Å². The molecule has 0 aliphatic rings. The Bertz CT molecular complexity index is 587. The molecule has 0 spiro atoms. The van der Waals surface area contributed by atoms with Crippen LogP contribution in [0.3, 0.4) is 0 Å². The molecular weight excluding hydrogens is 277 g/mol. The van der Waals surface area contributed by atoms with Gasteiger partial charge in [-0.1, -0.05) is 18.2 Å². The molecule has 0 radical (unpaired) electrons. The fourth-order valence-electron chi connectivity index (χ4n) is 1.56. The number of benzene rings is 2. The highest BCUT2D eigenvalue weighted by Crippen LogP contribution is 2.21. The highest BCUT2D eigenvalue weighted by Gasteiger charge is 2.10. The minimum atomic E-state index is -0.986. The van der Waals surface area contributed by atoms with Crippen LogP contribution in [0.15, 0.2) is 36.4 Å². The van der Waals surface area contributed by atoms with Crippen molar-refractivity contribution in [3.05, 3.63) is 65.0 Å². The summed E-state index contributed by atoms with van der Waals surface area (Å²) in [7, 11) is 0. The Labute approximate surface area is 113 Å². The van der Waals surface area contributed by atoms with E-state index in [1.807, 2.05) is 0 Å². The summed E-state index contributed by atoms with van der Waals surface area (Å²) in [4.78, 5) is 0. The van der Waals surface area contributed by atoms with E-state index < -0.39 is 17.5 Å². The van der Waals surface area contributed by atoms with Gasteiger partial charge < -0.3 is 4.74 Å². The topological polar surface area (TPSA) is 9.23 Å². The van der Waals surface area contributed by atoms with Gasteiger partial charge in [-0.2, -0.15) is 0 Å². The predicted octanol–water partition coefficient (Wildman–Crippen LogP) is 4.42. The van der Waals surface area contributed by atoms with Crippen molar-refractivity contribution in [1.82, 2.24) is 0 Å². The van der Waals surface area contributed by atoms with Crippen LogP contribution in [0.1, 0.15) is 11.1 Å². The molecule has 0 heterocycles. The number of halogens is 4. The van der Waals surface area contributed by atoms with Gasteiger partial charge in [0.15, 0.2) is 23.2 Å². The van der Waals surface area contributed by atoms with E-state index in [9.17, 15) is 13.2 Å². The summed E-state index contributed by atoms with van der Waals surface area (Å²) in [6.07, 6.45) is 0. The third-order valence-electron chi connectivity index (χ3n) is 2.57. The van der Waals surface area contributed by atoms with E-state index in [0.29, 0.717) is 5.56 Å². The standard InChI is InChI=1S/C14H10ClF3O/c15-7-9-4-5-13(12(17)6-9)19-8-10-2-1-3-11(16)14(10)18/h1-6H,7-8H2. The summed E-state index contributed by atoms with van der Waals surface area (Å²) < 4.78 is 45.0. The third-order valence-corrected chi connectivity index (χ3v) is 2.87. The van der Waals surface area contributed by atoms with E-state index in [4.69, 9.17) is 16.3 Å². The number of alkyl halides is 1. The van der Waals surface area contributed by atoms with Gasteiger partial charge in [-0.3, -0.25) is 0 Å². The molecule has 100 valence electrons. The smallest absolute Gasteiger partial charge is 0.165 e. The first-order chi connectivity index (χ1) is 9.11. The van der Waals surface area contributed by atoms with Crippen molar-refractivity contribution in [2.24, 2.45) is 0 Å². The molecular formula is C14H10ClF3O. The Morgan fingerprint density at radius 2 is 1.79 bits per heavy atom. The predicted molar refractivity (Wildman–Crippen MR) is 66.6 cm³/mol. The Morgan fingerprint density at radius 3 is 2.47 bits per heavy atom. The van der Waals surface area contributed by atoms with Crippen LogP contribution in [0, 0.1) is 17.5 Å². The molecule has 0 aliphatic carbocycles. The molecule has 2 aromatic rings. The van der Waals surface area contributed by atoms with E-state index in [0.717, 1.165) is 6.07 Å². The van der Waals surface area contributed by atoms with E-state index in [2.05, 4.69) is 0 Å². The third kappa shape index (κ3) is 3.20. The molecule has 0 aliphatic heterocycles. The summed E-state index contributed by atoms with van der Waals surface area (Å²) in [6.45, 7) is -0.249. The van der Waals surface area contributed by atoms with Gasteiger partial charge in [0.1, 0.15) is 6.61 Å². The average Bonchev–Trinajstić information content (AvgIpc) is 2.41. The molecule has 0 atom stereocenters. The minimum Gasteiger partial charge on any atom is -0.486 e. The molecule has 0 fully saturated rings. The van der Waals surface area contributed by atoms with Gasteiger partial charge in [0.2, 0.25) is 0 Å². The van der Waals surface area contributed by atoms with Crippen molar-refractivity contribution in [2.45, 2.75) is 12.5 Å². The molecule has 0 aromatic heterocycles. The fraction of sp³-hybridized carbons (Fsp3) is 0.143. The molecule has 0 N–H and O–H groups in total. The second kappa shape index (κ2) is 5.97. The maximum absolute atomic E-state index is 13.6. The quantitative estimate of drug-likeness (QED) is 0.756. The van der Waals surface area contributed by atoms with E-state index in [1.54, 1.807) is 6.07 Å². The van der Waals surface area contributed by atoms with E-state index in [-0.39, 0.29) is 23.8 Å². The van der Waals surface area contributed by atoms with Gasteiger partial charge in [-0.05, 0) is 23.8 Å². The van der Waals surface area contributed by atoms with Crippen molar-refractivity contribution in [3.63, 3.8) is 0 Å². The summed E-state index contributed by atoms with van der Waals surface area (Å²) >= 11 is 5.56. The number of rotatable bonds is 4. The maximum atomic E-state index is 13.6. The molecule has 0 unspecified atom stereocenters. The molecule has 0 bridgehead atoms. The molecule has 19 heavy (non-hydrogen) atoms. The highest BCUT2D eigenvalue weighted by molar-refractivity contribution is 6.17. The van der Waals surface area contributed by atoms with Crippen LogP contribution in [0.4, 0.5) is 13.2 Å². The molecule has 2 rings (SSSR count). The molecule has 2 aromatic carbocycles. The van der Waals surface area contributed by atoms with Crippen molar-refractivity contribution in [1.29, 1.82) is 0 Å². The van der Waals surface area contributed by atoms with Gasteiger partial charge in [-0.25, -0.2) is 13.2 Å². The second-order valence-electron chi connectivity index (χ2n) is 3.90. The zero-order valence-electron chi connectivity index (χ0n) is 9.80. The molecule has 0 saturated carbocycles. The van der Waals surface area contributed by atoms with Crippen LogP contribution in [-0.4, -0.2) is 0 Å². The number of hydrogen-bond acceptors (Lipinski definition) is 1. The number of hydrogen-bond donors (Lipinski definition) is 0. The fourth-order valence-corrected chi connectivity index (χ4v) is 1.73. The molecule has 1 nitrogen and oxygen atoms in total. The summed E-state index contributed by atoms with van der Waals surface area (Å²) in [6, 6.07) is 8.00. The zero-order chi connectivity index (χ0) is 13.8. The molecule has 5 heteroatoms. The Hall–Kier alpha value is -1.68. The van der Waals surface area contributed by atoms with Crippen LogP contribution in [-0.2, 0) is 12.5 Å². The Morgan fingerprint density at radius 1 is 1.00 bits per heavy atom. The lowest BCUT2D eigenvalue weighted by Gasteiger charge is -2.09. The van der Waals surface area contributed by atoms with Crippen LogP contribution in [0.25, 0.3) is 0 Å². The van der Waals surface area contributed by atoms with Crippen molar-refractivity contribution in [3.8, 4) is 5.75 Å². The Balaban J connectivity index is 2.12. The maximum Gasteiger partial charge on any atom is 0.165 e. The van der Waals surface area contributed by atoms with Crippen LogP contribution in [0.5, 0.6) is 5.75 Å². The van der Waals surface area contributed by atoms with Crippen molar-refractivity contribution < 1.29 is 17.9 Å². The van der Waals surface area contributed by atoms with Crippen LogP contribution in [0.2, 0.25) is 0 Å². The first-order valence-electron chi connectivity index (χ1n) is 5.52. The molecule has 0 saturated heterocycles. The molecule has 0 amide bonds. The van der Waals surface area contributed by atoms with Crippen molar-refractivity contribution >= 4 is 11.6 Å². The summed E-state index contributed by atoms with van der Waals surface area (Å²) in [5.41, 5.74) is 0.643. The number of ether oxygens (including phenoxy) is 1. The SMILES string of the molecule is Fc1cc(CCl)ccc1OCc1cccc(F)c1F. The average molecular weight is 287 g/mol. The van der Waals surface area contributed by atoms with Crippen LogP contribution >= 0.6 is 11.6 Å². The largest absolute Gasteiger partial charge is 0.486 e. The van der Waals surface area contributed by atoms with Gasteiger partial charge in [0.25, 0.3) is 0 Å². The summed E-state index contributed by atoms with van der Waals surface area (Å²) in [5.74, 6) is -2.37. The van der Waals surface area contributed by atoms with Gasteiger partial charge in [0.05, 0.1) is 0 Å². The van der Waals surface area contributed by atoms with E-state index in [1.165, 1.54) is 24.3 Å².